The highest BCUT2D eigenvalue weighted by Crippen LogP contribution is 2.31. The molecule has 1 aromatic rings. The van der Waals surface area contributed by atoms with Crippen molar-refractivity contribution in [2.45, 2.75) is 25.3 Å². The molecule has 2 unspecified atom stereocenters. The van der Waals surface area contributed by atoms with Gasteiger partial charge in [-0.05, 0) is 30.9 Å². The van der Waals surface area contributed by atoms with Gasteiger partial charge in [0.15, 0.2) is 5.82 Å². The van der Waals surface area contributed by atoms with Gasteiger partial charge in [-0.2, -0.15) is 0 Å². The normalized spacial score (nSPS) is 26.8. The Morgan fingerprint density at radius 1 is 1.42 bits per heavy atom. The van der Waals surface area contributed by atoms with E-state index in [2.05, 4.69) is 15.2 Å². The molecule has 1 amide bonds. The molecule has 6 heteroatoms. The second-order valence-electron chi connectivity index (χ2n) is 5.25. The minimum Gasteiger partial charge on any atom is -0.396 e. The van der Waals surface area contributed by atoms with Crippen LogP contribution in [0.15, 0.2) is 12.1 Å². The first-order chi connectivity index (χ1) is 9.13. The molecule has 1 aromatic heterocycles. The summed E-state index contributed by atoms with van der Waals surface area (Å²) in [4.78, 5) is 17.9. The van der Waals surface area contributed by atoms with E-state index in [1.807, 2.05) is 0 Å². The number of aromatic nitrogens is 1. The average Bonchev–Trinajstić information content (AvgIpc) is 2.41. The van der Waals surface area contributed by atoms with Gasteiger partial charge in [-0.25, -0.2) is 4.98 Å². The van der Waals surface area contributed by atoms with Gasteiger partial charge in [0.25, 0.3) is 0 Å². The number of rotatable bonds is 1. The molecule has 3 rings (SSSR count). The number of nitrogens with one attached hydrogen (secondary N) is 1. The molecule has 0 radical (unpaired) electrons. The number of anilines is 2. The number of pyridine rings is 1. The number of amides is 1. The fourth-order valence-electron chi connectivity index (χ4n) is 2.99. The summed E-state index contributed by atoms with van der Waals surface area (Å²) in [6, 6.07) is 3.80. The molecular formula is C13H17ClN4O. The molecule has 0 spiro atoms. The summed E-state index contributed by atoms with van der Waals surface area (Å²) in [5, 5.41) is 3.53. The number of carbonyl (C=O) groups is 1. The molecule has 5 nitrogen and oxygen atoms in total. The van der Waals surface area contributed by atoms with Crippen molar-refractivity contribution in [3.8, 4) is 0 Å². The third-order valence-corrected chi connectivity index (χ3v) is 4.20. The number of nitrogens with two attached hydrogens (primary N) is 1. The van der Waals surface area contributed by atoms with Crippen LogP contribution >= 0.6 is 11.6 Å². The molecular weight excluding hydrogens is 264 g/mol. The molecule has 3 N–H and O–H groups in total. The third-order valence-electron chi connectivity index (χ3n) is 3.99. The number of nitrogen functional groups attached to an aromatic ring is 1. The maximum Gasteiger partial charge on any atom is 0.220 e. The average molecular weight is 281 g/mol. The van der Waals surface area contributed by atoms with Gasteiger partial charge in [-0.1, -0.05) is 11.6 Å². The van der Waals surface area contributed by atoms with Crippen molar-refractivity contribution in [3.63, 3.8) is 0 Å². The van der Waals surface area contributed by atoms with Crippen molar-refractivity contribution in [2.24, 2.45) is 5.92 Å². The van der Waals surface area contributed by atoms with E-state index in [-0.39, 0.29) is 5.91 Å². The van der Waals surface area contributed by atoms with Crippen LogP contribution in [0.5, 0.6) is 0 Å². The molecule has 0 aliphatic carbocycles. The van der Waals surface area contributed by atoms with Crippen LogP contribution in [-0.2, 0) is 4.79 Å². The molecule has 2 saturated heterocycles. The van der Waals surface area contributed by atoms with Crippen LogP contribution in [0, 0.1) is 5.92 Å². The first kappa shape index (κ1) is 12.5. The summed E-state index contributed by atoms with van der Waals surface area (Å²) < 4.78 is 0. The SMILES string of the molecule is Nc1ccc(Cl)nc1N1CCC2NC(=O)CCC2C1. The molecule has 2 atom stereocenters. The van der Waals surface area contributed by atoms with Crippen LogP contribution in [0.25, 0.3) is 0 Å². The topological polar surface area (TPSA) is 71.2 Å². The minimum atomic E-state index is 0.176. The molecule has 19 heavy (non-hydrogen) atoms. The Morgan fingerprint density at radius 3 is 3.11 bits per heavy atom. The maximum atomic E-state index is 11.4. The van der Waals surface area contributed by atoms with E-state index in [9.17, 15) is 4.79 Å². The Kier molecular flexibility index (Phi) is 3.22. The lowest BCUT2D eigenvalue weighted by Gasteiger charge is -2.42. The van der Waals surface area contributed by atoms with E-state index in [4.69, 9.17) is 17.3 Å². The van der Waals surface area contributed by atoms with Gasteiger partial charge < -0.3 is 16.0 Å². The second kappa shape index (κ2) is 4.89. The number of hydrogen-bond acceptors (Lipinski definition) is 4. The van der Waals surface area contributed by atoms with Gasteiger partial charge in [0.2, 0.25) is 5.91 Å². The van der Waals surface area contributed by atoms with Gasteiger partial charge in [0, 0.05) is 25.6 Å². The van der Waals surface area contributed by atoms with Crippen molar-refractivity contribution < 1.29 is 4.79 Å². The van der Waals surface area contributed by atoms with Gasteiger partial charge in [-0.15, -0.1) is 0 Å². The van der Waals surface area contributed by atoms with E-state index in [0.717, 1.165) is 31.7 Å². The number of halogens is 1. The summed E-state index contributed by atoms with van der Waals surface area (Å²) in [7, 11) is 0. The van der Waals surface area contributed by atoms with E-state index in [1.165, 1.54) is 0 Å². The zero-order valence-electron chi connectivity index (χ0n) is 10.6. The summed E-state index contributed by atoms with van der Waals surface area (Å²) in [5.41, 5.74) is 6.63. The predicted molar refractivity (Wildman–Crippen MR) is 75.1 cm³/mol. The van der Waals surface area contributed by atoms with Crippen molar-refractivity contribution in [3.05, 3.63) is 17.3 Å². The first-order valence-corrected chi connectivity index (χ1v) is 6.97. The van der Waals surface area contributed by atoms with Crippen LogP contribution in [0.4, 0.5) is 11.5 Å². The molecule has 2 aliphatic heterocycles. The van der Waals surface area contributed by atoms with Crippen molar-refractivity contribution >= 4 is 29.0 Å². The lowest BCUT2D eigenvalue weighted by molar-refractivity contribution is -0.124. The Morgan fingerprint density at radius 2 is 2.26 bits per heavy atom. The Hall–Kier alpha value is -1.49. The largest absolute Gasteiger partial charge is 0.396 e. The van der Waals surface area contributed by atoms with Gasteiger partial charge in [-0.3, -0.25) is 4.79 Å². The standard InChI is InChI=1S/C13H17ClN4O/c14-11-3-2-9(15)13(17-11)18-6-5-10-8(7-18)1-4-12(19)16-10/h2-3,8,10H,1,4-7,15H2,(H,16,19). The maximum absolute atomic E-state index is 11.4. The number of piperidine rings is 2. The van der Waals surface area contributed by atoms with Gasteiger partial charge in [0.1, 0.15) is 5.15 Å². The minimum absolute atomic E-state index is 0.176. The first-order valence-electron chi connectivity index (χ1n) is 6.60. The highest BCUT2D eigenvalue weighted by Gasteiger charge is 2.34. The summed E-state index contributed by atoms with van der Waals surface area (Å²) >= 11 is 5.94. The van der Waals surface area contributed by atoms with E-state index in [0.29, 0.717) is 29.2 Å². The van der Waals surface area contributed by atoms with E-state index < -0.39 is 0 Å². The van der Waals surface area contributed by atoms with Crippen LogP contribution in [0.2, 0.25) is 5.15 Å². The fourth-order valence-corrected chi connectivity index (χ4v) is 3.13. The van der Waals surface area contributed by atoms with E-state index in [1.54, 1.807) is 12.1 Å². The molecule has 2 aliphatic rings. The molecule has 102 valence electrons. The number of carbonyl (C=O) groups excluding carboxylic acids is 1. The number of fused-ring (bicyclic) bond motifs is 1. The zero-order chi connectivity index (χ0) is 13.4. The Labute approximate surface area is 117 Å². The smallest absolute Gasteiger partial charge is 0.220 e. The van der Waals surface area contributed by atoms with Crippen molar-refractivity contribution in [1.29, 1.82) is 0 Å². The van der Waals surface area contributed by atoms with Crippen LogP contribution in [-0.4, -0.2) is 30.0 Å². The Bertz CT molecular complexity index is 507. The fraction of sp³-hybridized carbons (Fsp3) is 0.538. The zero-order valence-corrected chi connectivity index (χ0v) is 11.4. The third kappa shape index (κ3) is 2.47. The highest BCUT2D eigenvalue weighted by molar-refractivity contribution is 6.29. The molecule has 2 fully saturated rings. The van der Waals surface area contributed by atoms with E-state index >= 15 is 0 Å². The Balaban J connectivity index is 1.77. The summed E-state index contributed by atoms with van der Waals surface area (Å²) in [5.74, 6) is 1.42. The van der Waals surface area contributed by atoms with Crippen LogP contribution in [0.1, 0.15) is 19.3 Å². The molecule has 0 bridgehead atoms. The van der Waals surface area contributed by atoms with Crippen LogP contribution < -0.4 is 16.0 Å². The summed E-state index contributed by atoms with van der Waals surface area (Å²) in [6.07, 6.45) is 2.49. The van der Waals surface area contributed by atoms with Crippen LogP contribution in [0.3, 0.4) is 0 Å². The number of hydrogen-bond donors (Lipinski definition) is 2. The van der Waals surface area contributed by atoms with Crippen molar-refractivity contribution in [2.75, 3.05) is 23.7 Å². The summed E-state index contributed by atoms with van der Waals surface area (Å²) in [6.45, 7) is 1.72. The molecule has 3 heterocycles. The monoisotopic (exact) mass is 280 g/mol. The highest BCUT2D eigenvalue weighted by atomic mass is 35.5. The molecule has 0 aromatic carbocycles. The second-order valence-corrected chi connectivity index (χ2v) is 5.64. The molecule has 0 saturated carbocycles. The lowest BCUT2D eigenvalue weighted by atomic mass is 9.85. The quantitative estimate of drug-likeness (QED) is 0.763. The van der Waals surface area contributed by atoms with Gasteiger partial charge >= 0.3 is 0 Å². The predicted octanol–water partition coefficient (Wildman–Crippen LogP) is 1.42. The number of nitrogens with zero attached hydrogens (tertiary/aromatic N) is 2. The van der Waals surface area contributed by atoms with Crippen molar-refractivity contribution in [1.82, 2.24) is 10.3 Å². The lowest BCUT2D eigenvalue weighted by Crippen LogP contribution is -2.54. The van der Waals surface area contributed by atoms with Gasteiger partial charge in [0.05, 0.1) is 5.69 Å².